The van der Waals surface area contributed by atoms with E-state index < -0.39 is 0 Å². The summed E-state index contributed by atoms with van der Waals surface area (Å²) in [6.07, 6.45) is 0. The van der Waals surface area contributed by atoms with Crippen molar-refractivity contribution in [2.45, 2.75) is 13.8 Å². The van der Waals surface area contributed by atoms with E-state index in [0.717, 1.165) is 44.2 Å². The van der Waals surface area contributed by atoms with Gasteiger partial charge in [-0.15, -0.1) is 0 Å². The van der Waals surface area contributed by atoms with Crippen LogP contribution in [0.15, 0.2) is 36.4 Å². The maximum Gasteiger partial charge on any atom is 0.272 e. The quantitative estimate of drug-likeness (QED) is 0.856. The first kappa shape index (κ1) is 17.4. The molecule has 6 heteroatoms. The van der Waals surface area contributed by atoms with Gasteiger partial charge in [0.25, 0.3) is 5.91 Å². The number of aromatic nitrogens is 2. The molecule has 132 valence electrons. The second-order valence-electron chi connectivity index (χ2n) is 6.28. The van der Waals surface area contributed by atoms with E-state index in [-0.39, 0.29) is 5.91 Å². The maximum absolute atomic E-state index is 12.9. The number of aryl methyl sites for hydroxylation is 1. The number of carbonyl (C=O) groups excluding carboxylic acids is 1. The van der Waals surface area contributed by atoms with Crippen LogP contribution >= 0.6 is 0 Å². The van der Waals surface area contributed by atoms with Crippen LogP contribution in [0.4, 0.5) is 11.5 Å². The molecule has 2 aromatic rings. The van der Waals surface area contributed by atoms with Crippen LogP contribution in [0.2, 0.25) is 0 Å². The Morgan fingerprint density at radius 2 is 1.80 bits per heavy atom. The van der Waals surface area contributed by atoms with Crippen LogP contribution in [-0.2, 0) is 0 Å². The van der Waals surface area contributed by atoms with E-state index in [9.17, 15) is 4.79 Å². The molecule has 0 atom stereocenters. The van der Waals surface area contributed by atoms with Gasteiger partial charge in [-0.05, 0) is 25.6 Å². The smallest absolute Gasteiger partial charge is 0.272 e. The summed E-state index contributed by atoms with van der Waals surface area (Å²) in [6, 6.07) is 11.8. The molecule has 0 saturated carbocycles. The van der Waals surface area contributed by atoms with Gasteiger partial charge in [-0.2, -0.15) is 0 Å². The number of amides is 1. The first-order valence-electron chi connectivity index (χ1n) is 8.74. The fraction of sp³-hybridized carbons (Fsp3) is 0.421. The summed E-state index contributed by atoms with van der Waals surface area (Å²) >= 11 is 0. The van der Waals surface area contributed by atoms with Crippen molar-refractivity contribution in [2.24, 2.45) is 0 Å². The number of carbonyl (C=O) groups is 1. The van der Waals surface area contributed by atoms with Crippen molar-refractivity contribution in [3.63, 3.8) is 0 Å². The summed E-state index contributed by atoms with van der Waals surface area (Å²) in [6.45, 7) is 8.34. The minimum atomic E-state index is -0.0102. The highest BCUT2D eigenvalue weighted by Gasteiger charge is 2.23. The van der Waals surface area contributed by atoms with Crippen molar-refractivity contribution >= 4 is 17.4 Å². The standard InChI is InChI=1S/C19H25N5O/c1-4-23-10-12-24(13-11-23)19(25)17-14-18(21-15(2)20-17)22(3)16-8-6-5-7-9-16/h5-9,14H,4,10-13H2,1-3H3. The zero-order chi connectivity index (χ0) is 17.8. The highest BCUT2D eigenvalue weighted by molar-refractivity contribution is 5.93. The third kappa shape index (κ3) is 3.96. The molecule has 0 bridgehead atoms. The Kier molecular flexibility index (Phi) is 5.28. The summed E-state index contributed by atoms with van der Waals surface area (Å²) in [7, 11) is 1.95. The van der Waals surface area contributed by atoms with Crippen LogP contribution in [0, 0.1) is 6.92 Å². The molecule has 2 heterocycles. The highest BCUT2D eigenvalue weighted by Crippen LogP contribution is 2.22. The molecule has 1 aromatic carbocycles. The van der Waals surface area contributed by atoms with Gasteiger partial charge in [-0.3, -0.25) is 4.79 Å². The summed E-state index contributed by atoms with van der Waals surface area (Å²) < 4.78 is 0. The van der Waals surface area contributed by atoms with E-state index in [1.165, 1.54) is 0 Å². The van der Waals surface area contributed by atoms with Crippen LogP contribution in [0.5, 0.6) is 0 Å². The Hall–Kier alpha value is -2.47. The number of benzene rings is 1. The van der Waals surface area contributed by atoms with E-state index in [1.807, 2.05) is 54.1 Å². The second kappa shape index (κ2) is 7.61. The van der Waals surface area contributed by atoms with Gasteiger partial charge in [0.05, 0.1) is 0 Å². The van der Waals surface area contributed by atoms with Crippen LogP contribution in [-0.4, -0.2) is 65.4 Å². The zero-order valence-electron chi connectivity index (χ0n) is 15.1. The summed E-state index contributed by atoms with van der Waals surface area (Å²) in [5.74, 6) is 1.33. The normalized spacial score (nSPS) is 15.2. The lowest BCUT2D eigenvalue weighted by molar-refractivity contribution is 0.0637. The number of anilines is 2. The third-order valence-electron chi connectivity index (χ3n) is 4.64. The van der Waals surface area contributed by atoms with Crippen molar-refractivity contribution < 1.29 is 4.79 Å². The lowest BCUT2D eigenvalue weighted by Crippen LogP contribution is -2.48. The molecule has 1 aliphatic rings. The number of rotatable bonds is 4. The van der Waals surface area contributed by atoms with Gasteiger partial charge >= 0.3 is 0 Å². The van der Waals surface area contributed by atoms with Gasteiger partial charge in [0, 0.05) is 45.0 Å². The lowest BCUT2D eigenvalue weighted by atomic mass is 10.2. The van der Waals surface area contributed by atoms with E-state index in [2.05, 4.69) is 21.8 Å². The Balaban J connectivity index is 1.81. The van der Waals surface area contributed by atoms with Crippen LogP contribution in [0.3, 0.4) is 0 Å². The zero-order valence-corrected chi connectivity index (χ0v) is 15.1. The first-order valence-corrected chi connectivity index (χ1v) is 8.74. The van der Waals surface area contributed by atoms with Crippen LogP contribution < -0.4 is 4.90 Å². The molecule has 0 N–H and O–H groups in total. The van der Waals surface area contributed by atoms with E-state index in [4.69, 9.17) is 0 Å². The average molecular weight is 339 g/mol. The molecule has 3 rings (SSSR count). The van der Waals surface area contributed by atoms with Crippen molar-refractivity contribution in [2.75, 3.05) is 44.7 Å². The second-order valence-corrected chi connectivity index (χ2v) is 6.28. The van der Waals surface area contributed by atoms with Gasteiger partial charge in [-0.1, -0.05) is 25.1 Å². The molecule has 1 aromatic heterocycles. The first-order chi connectivity index (χ1) is 12.1. The van der Waals surface area contributed by atoms with Gasteiger partial charge in [0.15, 0.2) is 0 Å². The number of para-hydroxylation sites is 1. The number of hydrogen-bond donors (Lipinski definition) is 0. The Morgan fingerprint density at radius 1 is 1.12 bits per heavy atom. The molecule has 1 aliphatic heterocycles. The van der Waals surface area contributed by atoms with Gasteiger partial charge in [0.2, 0.25) is 0 Å². The number of nitrogens with zero attached hydrogens (tertiary/aromatic N) is 5. The van der Waals surface area contributed by atoms with Crippen molar-refractivity contribution in [3.8, 4) is 0 Å². The predicted molar refractivity (Wildman–Crippen MR) is 99.3 cm³/mol. The molecule has 1 saturated heterocycles. The number of likely N-dealkylation sites (N-methyl/N-ethyl adjacent to an activating group) is 1. The highest BCUT2D eigenvalue weighted by atomic mass is 16.2. The minimum absolute atomic E-state index is 0.0102. The topological polar surface area (TPSA) is 52.6 Å². The molecule has 0 aliphatic carbocycles. The number of piperazine rings is 1. The maximum atomic E-state index is 12.9. The Bertz CT molecular complexity index is 726. The fourth-order valence-electron chi connectivity index (χ4n) is 3.05. The monoisotopic (exact) mass is 339 g/mol. The van der Waals surface area contributed by atoms with Gasteiger partial charge < -0.3 is 14.7 Å². The van der Waals surface area contributed by atoms with E-state index in [0.29, 0.717) is 11.5 Å². The summed E-state index contributed by atoms with van der Waals surface area (Å²) in [5, 5.41) is 0. The van der Waals surface area contributed by atoms with Crippen LogP contribution in [0.25, 0.3) is 0 Å². The molecular weight excluding hydrogens is 314 g/mol. The van der Waals surface area contributed by atoms with Crippen molar-refractivity contribution in [3.05, 3.63) is 47.9 Å². The molecule has 0 unspecified atom stereocenters. The fourth-order valence-corrected chi connectivity index (χ4v) is 3.05. The molecule has 1 fully saturated rings. The largest absolute Gasteiger partial charge is 0.335 e. The molecule has 1 amide bonds. The van der Waals surface area contributed by atoms with E-state index in [1.54, 1.807) is 6.07 Å². The van der Waals surface area contributed by atoms with Crippen LogP contribution in [0.1, 0.15) is 23.2 Å². The minimum Gasteiger partial charge on any atom is -0.335 e. The predicted octanol–water partition coefficient (Wildman–Crippen LogP) is 2.33. The third-order valence-corrected chi connectivity index (χ3v) is 4.64. The van der Waals surface area contributed by atoms with Gasteiger partial charge in [0.1, 0.15) is 17.3 Å². The van der Waals surface area contributed by atoms with Crippen molar-refractivity contribution in [1.29, 1.82) is 0 Å². The van der Waals surface area contributed by atoms with Gasteiger partial charge in [-0.25, -0.2) is 9.97 Å². The average Bonchev–Trinajstić information content (AvgIpc) is 2.67. The molecule has 0 radical (unpaired) electrons. The Labute approximate surface area is 149 Å². The Morgan fingerprint density at radius 3 is 2.44 bits per heavy atom. The van der Waals surface area contributed by atoms with E-state index >= 15 is 0 Å². The molecule has 0 spiro atoms. The lowest BCUT2D eigenvalue weighted by Gasteiger charge is -2.34. The van der Waals surface area contributed by atoms with Crippen molar-refractivity contribution in [1.82, 2.24) is 19.8 Å². The SMILES string of the molecule is CCN1CCN(C(=O)c2cc(N(C)c3ccccc3)nc(C)n2)CC1. The number of hydrogen-bond acceptors (Lipinski definition) is 5. The molecule has 25 heavy (non-hydrogen) atoms. The molecular formula is C19H25N5O. The summed E-state index contributed by atoms with van der Waals surface area (Å²) in [4.78, 5) is 27.9. The molecule has 6 nitrogen and oxygen atoms in total. The summed E-state index contributed by atoms with van der Waals surface area (Å²) in [5.41, 5.74) is 1.49.